The molecule has 0 unspecified atom stereocenters. The first-order valence-electron chi connectivity index (χ1n) is 4.56. The minimum Gasteiger partial charge on any atom is -0.331 e. The summed E-state index contributed by atoms with van der Waals surface area (Å²) in [5.74, 6) is 0.104. The van der Waals surface area contributed by atoms with Crippen LogP contribution in [0.5, 0.6) is 0 Å². The summed E-state index contributed by atoms with van der Waals surface area (Å²) in [6.07, 6.45) is -3.61. The van der Waals surface area contributed by atoms with Crippen LogP contribution in [0.15, 0.2) is 6.20 Å². The van der Waals surface area contributed by atoms with Crippen molar-refractivity contribution in [3.05, 3.63) is 17.7 Å². The number of alkyl halides is 4. The lowest BCUT2D eigenvalue weighted by Gasteiger charge is -2.06. The second-order valence-electron chi connectivity index (χ2n) is 3.52. The second-order valence-corrected chi connectivity index (χ2v) is 3.52. The summed E-state index contributed by atoms with van der Waals surface area (Å²) < 4.78 is 50.3. The predicted octanol–water partition coefficient (Wildman–Crippen LogP) is 2.99. The Morgan fingerprint density at radius 3 is 2.40 bits per heavy atom. The molecule has 0 aliphatic rings. The van der Waals surface area contributed by atoms with E-state index in [1.54, 1.807) is 13.8 Å². The topological polar surface area (TPSA) is 17.8 Å². The molecule has 2 nitrogen and oxygen atoms in total. The lowest BCUT2D eigenvalue weighted by molar-refractivity contribution is -0.141. The Hall–Kier alpha value is -1.07. The zero-order valence-electron chi connectivity index (χ0n) is 8.48. The van der Waals surface area contributed by atoms with Crippen molar-refractivity contribution in [1.82, 2.24) is 9.55 Å². The molecule has 6 heteroatoms. The number of aromatic nitrogens is 2. The fourth-order valence-corrected chi connectivity index (χ4v) is 1.30. The van der Waals surface area contributed by atoms with Gasteiger partial charge in [0.25, 0.3) is 0 Å². The average Bonchev–Trinajstić information content (AvgIpc) is 2.48. The summed E-state index contributed by atoms with van der Waals surface area (Å²) in [6, 6.07) is 0. The van der Waals surface area contributed by atoms with Crippen LogP contribution in [0, 0.1) is 0 Å². The van der Waals surface area contributed by atoms with Crippen molar-refractivity contribution >= 4 is 0 Å². The lowest BCUT2D eigenvalue weighted by atomic mass is 10.2. The molecule has 0 fully saturated rings. The van der Waals surface area contributed by atoms with Crippen molar-refractivity contribution in [2.45, 2.75) is 32.5 Å². The van der Waals surface area contributed by atoms with Gasteiger partial charge in [-0.15, -0.1) is 0 Å². The second kappa shape index (κ2) is 4.20. The van der Waals surface area contributed by atoms with E-state index in [2.05, 4.69) is 4.98 Å². The van der Waals surface area contributed by atoms with E-state index >= 15 is 0 Å². The van der Waals surface area contributed by atoms with Gasteiger partial charge in [0.05, 0.1) is 6.54 Å². The van der Waals surface area contributed by atoms with Gasteiger partial charge in [0.15, 0.2) is 5.69 Å². The molecule has 1 aromatic rings. The van der Waals surface area contributed by atoms with Crippen LogP contribution in [0.25, 0.3) is 0 Å². The van der Waals surface area contributed by atoms with E-state index in [1.165, 1.54) is 4.57 Å². The van der Waals surface area contributed by atoms with Crippen LogP contribution in [0.2, 0.25) is 0 Å². The van der Waals surface area contributed by atoms with Crippen LogP contribution in [0.1, 0.15) is 31.3 Å². The molecule has 0 aliphatic carbocycles. The molecule has 0 N–H and O–H groups in total. The number of halogens is 4. The van der Waals surface area contributed by atoms with E-state index in [-0.39, 0.29) is 18.3 Å². The number of hydrogen-bond donors (Lipinski definition) is 0. The van der Waals surface area contributed by atoms with Crippen LogP contribution in [0.4, 0.5) is 17.6 Å². The molecule has 0 aliphatic heterocycles. The Bertz CT molecular complexity index is 327. The monoisotopic (exact) mass is 224 g/mol. The summed E-state index contributed by atoms with van der Waals surface area (Å²) in [7, 11) is 0. The smallest absolute Gasteiger partial charge is 0.331 e. The van der Waals surface area contributed by atoms with Crippen molar-refractivity contribution in [3.63, 3.8) is 0 Å². The maximum absolute atomic E-state index is 12.3. The molecule has 86 valence electrons. The molecular weight excluding hydrogens is 212 g/mol. The quantitative estimate of drug-likeness (QED) is 0.721. The third-order valence-electron chi connectivity index (χ3n) is 1.94. The highest BCUT2D eigenvalue weighted by molar-refractivity contribution is 5.10. The van der Waals surface area contributed by atoms with Crippen molar-refractivity contribution < 1.29 is 17.6 Å². The van der Waals surface area contributed by atoms with E-state index < -0.39 is 18.5 Å². The molecule has 0 atom stereocenters. The zero-order chi connectivity index (χ0) is 11.6. The summed E-state index contributed by atoms with van der Waals surface area (Å²) in [5.41, 5.74) is -0.959. The maximum Gasteiger partial charge on any atom is 0.434 e. The summed E-state index contributed by atoms with van der Waals surface area (Å²) in [5, 5.41) is 0. The van der Waals surface area contributed by atoms with Gasteiger partial charge in [0.1, 0.15) is 12.5 Å². The van der Waals surface area contributed by atoms with Gasteiger partial charge < -0.3 is 4.57 Å². The van der Waals surface area contributed by atoms with Gasteiger partial charge in [-0.3, -0.25) is 0 Å². The highest BCUT2D eigenvalue weighted by atomic mass is 19.4. The number of imidazole rings is 1. The van der Waals surface area contributed by atoms with Crippen molar-refractivity contribution in [2.24, 2.45) is 0 Å². The Labute approximate surface area is 84.9 Å². The van der Waals surface area contributed by atoms with Crippen LogP contribution in [-0.4, -0.2) is 16.2 Å². The van der Waals surface area contributed by atoms with Gasteiger partial charge in [-0.25, -0.2) is 9.37 Å². The molecular formula is C9H12F4N2. The maximum atomic E-state index is 12.3. The number of rotatable bonds is 3. The first-order valence-corrected chi connectivity index (χ1v) is 4.56. The molecule has 0 saturated carbocycles. The molecule has 0 radical (unpaired) electrons. The largest absolute Gasteiger partial charge is 0.434 e. The van der Waals surface area contributed by atoms with E-state index in [9.17, 15) is 17.6 Å². The molecule has 15 heavy (non-hydrogen) atoms. The third kappa shape index (κ3) is 2.70. The van der Waals surface area contributed by atoms with E-state index in [1.807, 2.05) is 0 Å². The van der Waals surface area contributed by atoms with Crippen LogP contribution in [0.3, 0.4) is 0 Å². The number of hydrogen-bond acceptors (Lipinski definition) is 1. The molecule has 1 heterocycles. The first-order chi connectivity index (χ1) is 6.86. The molecule has 0 spiro atoms. The Morgan fingerprint density at radius 2 is 2.00 bits per heavy atom. The highest BCUT2D eigenvalue weighted by Gasteiger charge is 2.34. The normalized spacial score (nSPS) is 12.5. The number of nitrogens with zero attached hydrogens (tertiary/aromatic N) is 2. The van der Waals surface area contributed by atoms with Gasteiger partial charge in [-0.05, 0) is 0 Å². The number of aryl methyl sites for hydroxylation is 1. The third-order valence-corrected chi connectivity index (χ3v) is 1.94. The van der Waals surface area contributed by atoms with E-state index in [4.69, 9.17) is 0 Å². The lowest BCUT2D eigenvalue weighted by Crippen LogP contribution is -2.05. The molecule has 0 amide bonds. The average molecular weight is 224 g/mol. The summed E-state index contributed by atoms with van der Waals surface area (Å²) in [6.45, 7) is 2.65. The van der Waals surface area contributed by atoms with Crippen molar-refractivity contribution in [3.8, 4) is 0 Å². The minimum atomic E-state index is -4.47. The Morgan fingerprint density at radius 1 is 1.40 bits per heavy atom. The highest BCUT2D eigenvalue weighted by Crippen LogP contribution is 2.29. The summed E-state index contributed by atoms with van der Waals surface area (Å²) in [4.78, 5) is 3.47. The SMILES string of the molecule is CC(C)c1nc(C(F)(F)F)cn1CCF. The Kier molecular flexibility index (Phi) is 3.36. The van der Waals surface area contributed by atoms with Crippen molar-refractivity contribution in [1.29, 1.82) is 0 Å². The summed E-state index contributed by atoms with van der Waals surface area (Å²) >= 11 is 0. The molecule has 0 saturated heterocycles. The first kappa shape index (κ1) is 12.0. The van der Waals surface area contributed by atoms with Gasteiger partial charge in [0, 0.05) is 12.1 Å². The predicted molar refractivity (Wildman–Crippen MR) is 47.3 cm³/mol. The van der Waals surface area contributed by atoms with E-state index in [0.29, 0.717) is 0 Å². The zero-order valence-corrected chi connectivity index (χ0v) is 8.48. The van der Waals surface area contributed by atoms with Gasteiger partial charge in [-0.2, -0.15) is 13.2 Å². The van der Waals surface area contributed by atoms with Gasteiger partial charge in [0.2, 0.25) is 0 Å². The Balaban J connectivity index is 3.09. The van der Waals surface area contributed by atoms with Crippen LogP contribution in [-0.2, 0) is 12.7 Å². The van der Waals surface area contributed by atoms with Crippen LogP contribution >= 0.6 is 0 Å². The minimum absolute atomic E-state index is 0.0867. The molecule has 1 rings (SSSR count). The standard InChI is InChI=1S/C9H12F4N2/c1-6(2)8-14-7(9(11,12)13)5-15(8)4-3-10/h5-6H,3-4H2,1-2H3. The fraction of sp³-hybridized carbons (Fsp3) is 0.667. The molecule has 0 aromatic carbocycles. The molecule has 0 bridgehead atoms. The van der Waals surface area contributed by atoms with Crippen molar-refractivity contribution in [2.75, 3.05) is 6.67 Å². The molecule has 1 aromatic heterocycles. The van der Waals surface area contributed by atoms with E-state index in [0.717, 1.165) is 6.20 Å². The van der Waals surface area contributed by atoms with Gasteiger partial charge in [-0.1, -0.05) is 13.8 Å². The fourth-order valence-electron chi connectivity index (χ4n) is 1.30. The van der Waals surface area contributed by atoms with Gasteiger partial charge >= 0.3 is 6.18 Å². The van der Waals surface area contributed by atoms with Crippen LogP contribution < -0.4 is 0 Å².